The summed E-state index contributed by atoms with van der Waals surface area (Å²) < 4.78 is 47.1. The third kappa shape index (κ3) is 4.51. The van der Waals surface area contributed by atoms with Crippen molar-refractivity contribution in [2.45, 2.75) is 26.5 Å². The van der Waals surface area contributed by atoms with Crippen LogP contribution in [0.3, 0.4) is 0 Å². The van der Waals surface area contributed by atoms with E-state index >= 15 is 0 Å². The van der Waals surface area contributed by atoms with Crippen molar-refractivity contribution < 1.29 is 22.7 Å². The van der Waals surface area contributed by atoms with E-state index in [0.29, 0.717) is 5.01 Å². The first kappa shape index (κ1) is 19.9. The Morgan fingerprint density at radius 2 is 1.86 bits per heavy atom. The number of aromatic nitrogens is 1. The largest absolute Gasteiger partial charge is 0.489 e. The molecule has 1 aromatic heterocycles. The van der Waals surface area contributed by atoms with Gasteiger partial charge < -0.3 is 10.1 Å². The summed E-state index contributed by atoms with van der Waals surface area (Å²) in [6.07, 6.45) is 0. The lowest BCUT2D eigenvalue weighted by atomic mass is 10.2. The lowest BCUT2D eigenvalue weighted by Crippen LogP contribution is -2.30. The molecule has 0 unspecified atom stereocenters. The van der Waals surface area contributed by atoms with Gasteiger partial charge in [-0.05, 0) is 38.1 Å². The van der Waals surface area contributed by atoms with Gasteiger partial charge in [0, 0.05) is 23.1 Å². The number of amides is 1. The Kier molecular flexibility index (Phi) is 5.99. The number of thiazole rings is 1. The molecule has 0 fully saturated rings. The van der Waals surface area contributed by atoms with Crippen LogP contribution in [0.1, 0.15) is 29.9 Å². The van der Waals surface area contributed by atoms with E-state index in [1.54, 1.807) is 5.38 Å². The molecule has 1 heterocycles. The average molecular weight is 406 g/mol. The molecular formula is C20H17F3N2O2S. The number of benzene rings is 2. The highest BCUT2D eigenvalue weighted by atomic mass is 32.1. The van der Waals surface area contributed by atoms with Gasteiger partial charge in [-0.1, -0.05) is 6.07 Å². The monoisotopic (exact) mass is 406 g/mol. The Morgan fingerprint density at radius 3 is 2.50 bits per heavy atom. The van der Waals surface area contributed by atoms with E-state index in [0.717, 1.165) is 29.5 Å². The van der Waals surface area contributed by atoms with Gasteiger partial charge in [-0.2, -0.15) is 0 Å². The molecule has 0 radical (unpaired) electrons. The van der Waals surface area contributed by atoms with Crippen molar-refractivity contribution in [3.05, 3.63) is 70.5 Å². The normalized spacial score (nSPS) is 10.9. The molecule has 0 aliphatic carbocycles. The van der Waals surface area contributed by atoms with Crippen LogP contribution in [0.5, 0.6) is 5.75 Å². The first-order chi connectivity index (χ1) is 13.3. The Bertz CT molecular complexity index is 985. The quantitative estimate of drug-likeness (QED) is 0.631. The summed E-state index contributed by atoms with van der Waals surface area (Å²) >= 11 is 1.14. The molecule has 8 heteroatoms. The van der Waals surface area contributed by atoms with Crippen molar-refractivity contribution in [2.75, 3.05) is 0 Å². The van der Waals surface area contributed by atoms with E-state index in [9.17, 15) is 18.0 Å². The molecule has 0 spiro atoms. The van der Waals surface area contributed by atoms with Crippen molar-refractivity contribution in [2.24, 2.45) is 0 Å². The molecule has 4 nitrogen and oxygen atoms in total. The Morgan fingerprint density at radius 1 is 1.14 bits per heavy atom. The number of halogens is 3. The number of hydrogen-bond acceptors (Lipinski definition) is 4. The van der Waals surface area contributed by atoms with E-state index in [1.165, 1.54) is 18.2 Å². The highest BCUT2D eigenvalue weighted by Gasteiger charge is 2.16. The summed E-state index contributed by atoms with van der Waals surface area (Å²) in [5.74, 6) is -2.28. The van der Waals surface area contributed by atoms with Crippen molar-refractivity contribution >= 4 is 17.2 Å². The zero-order valence-corrected chi connectivity index (χ0v) is 15.9. The fraction of sp³-hybridized carbons (Fsp3) is 0.200. The summed E-state index contributed by atoms with van der Waals surface area (Å²) in [5, 5.41) is 4.62. The fourth-order valence-corrected chi connectivity index (χ4v) is 3.25. The molecule has 1 N–H and O–H groups in total. The van der Waals surface area contributed by atoms with Gasteiger partial charge in [-0.25, -0.2) is 18.2 Å². The predicted molar refractivity (Wildman–Crippen MR) is 101 cm³/mol. The molecule has 0 saturated heterocycles. The fourth-order valence-electron chi connectivity index (χ4n) is 2.42. The molecule has 146 valence electrons. The minimum Gasteiger partial charge on any atom is -0.489 e. The van der Waals surface area contributed by atoms with Gasteiger partial charge in [0.2, 0.25) is 0 Å². The van der Waals surface area contributed by atoms with E-state index in [1.807, 2.05) is 13.8 Å². The van der Waals surface area contributed by atoms with Gasteiger partial charge >= 0.3 is 0 Å². The van der Waals surface area contributed by atoms with Gasteiger partial charge in [-0.15, -0.1) is 11.3 Å². The van der Waals surface area contributed by atoms with Gasteiger partial charge in [0.15, 0.2) is 0 Å². The number of rotatable bonds is 6. The van der Waals surface area contributed by atoms with Crippen molar-refractivity contribution in [3.8, 4) is 16.3 Å². The summed E-state index contributed by atoms with van der Waals surface area (Å²) in [6.45, 7) is 3.29. The minimum absolute atomic E-state index is 0.0369. The Balaban J connectivity index is 1.74. The molecule has 0 atom stereocenters. The molecule has 28 heavy (non-hydrogen) atoms. The highest BCUT2D eigenvalue weighted by Crippen LogP contribution is 2.29. The second-order valence-electron chi connectivity index (χ2n) is 6.30. The summed E-state index contributed by atoms with van der Waals surface area (Å²) in [4.78, 5) is 16.1. The first-order valence-electron chi connectivity index (χ1n) is 8.47. The van der Waals surface area contributed by atoms with Crippen LogP contribution in [0.15, 0.2) is 41.8 Å². The number of nitrogens with zero attached hydrogens (tertiary/aromatic N) is 1. The lowest BCUT2D eigenvalue weighted by molar-refractivity contribution is 0.0939. The maximum Gasteiger partial charge on any atom is 0.270 e. The zero-order valence-electron chi connectivity index (χ0n) is 15.1. The van der Waals surface area contributed by atoms with Crippen LogP contribution < -0.4 is 10.1 Å². The van der Waals surface area contributed by atoms with Crippen molar-refractivity contribution in [1.82, 2.24) is 10.3 Å². The number of hydrogen-bond donors (Lipinski definition) is 1. The SMILES string of the molecule is CC(C)NC(=O)c1csc(-c2ccc(OCc3c(F)cccc3F)cc2F)n1. The van der Waals surface area contributed by atoms with Crippen LogP contribution in [-0.4, -0.2) is 16.9 Å². The van der Waals surface area contributed by atoms with Crippen LogP contribution in [0.4, 0.5) is 13.2 Å². The van der Waals surface area contributed by atoms with E-state index < -0.39 is 17.5 Å². The molecule has 0 bridgehead atoms. The number of carbonyl (C=O) groups is 1. The van der Waals surface area contributed by atoms with Crippen molar-refractivity contribution in [3.63, 3.8) is 0 Å². The summed E-state index contributed by atoms with van der Waals surface area (Å²) in [6, 6.07) is 7.51. The second kappa shape index (κ2) is 8.43. The second-order valence-corrected chi connectivity index (χ2v) is 7.15. The Hall–Kier alpha value is -2.87. The van der Waals surface area contributed by atoms with Crippen LogP contribution in [-0.2, 0) is 6.61 Å². The summed E-state index contributed by atoms with van der Waals surface area (Å²) in [5.41, 5.74) is 0.189. The number of nitrogens with one attached hydrogen (secondary N) is 1. The zero-order chi connectivity index (χ0) is 20.3. The molecule has 0 saturated carbocycles. The highest BCUT2D eigenvalue weighted by molar-refractivity contribution is 7.13. The van der Waals surface area contributed by atoms with E-state index in [4.69, 9.17) is 4.74 Å². The predicted octanol–water partition coefficient (Wildman–Crippen LogP) is 4.94. The third-order valence-electron chi connectivity index (χ3n) is 3.77. The lowest BCUT2D eigenvalue weighted by Gasteiger charge is -2.09. The third-order valence-corrected chi connectivity index (χ3v) is 4.65. The average Bonchev–Trinajstić information content (AvgIpc) is 3.11. The standard InChI is InChI=1S/C20H17F3N2O2S/c1-11(2)24-19(26)18-10-28-20(25-18)13-7-6-12(8-17(13)23)27-9-14-15(21)4-3-5-16(14)22/h3-8,10-11H,9H2,1-2H3,(H,24,26). The van der Waals surface area contributed by atoms with Gasteiger partial charge in [0.05, 0.1) is 5.56 Å². The first-order valence-corrected chi connectivity index (χ1v) is 9.35. The van der Waals surface area contributed by atoms with Crippen molar-refractivity contribution in [1.29, 1.82) is 0 Å². The van der Waals surface area contributed by atoms with Gasteiger partial charge in [-0.3, -0.25) is 4.79 Å². The molecule has 2 aromatic carbocycles. The van der Waals surface area contributed by atoms with Crippen LogP contribution >= 0.6 is 11.3 Å². The molecule has 1 amide bonds. The van der Waals surface area contributed by atoms with E-state index in [-0.39, 0.29) is 41.1 Å². The maximum atomic E-state index is 14.5. The van der Waals surface area contributed by atoms with Gasteiger partial charge in [0.25, 0.3) is 5.91 Å². The molecule has 0 aliphatic heterocycles. The molecule has 3 rings (SSSR count). The molecule has 0 aliphatic rings. The maximum absolute atomic E-state index is 14.5. The Labute approximate surface area is 164 Å². The van der Waals surface area contributed by atoms with Crippen LogP contribution in [0, 0.1) is 17.5 Å². The topological polar surface area (TPSA) is 51.2 Å². The molecule has 3 aromatic rings. The smallest absolute Gasteiger partial charge is 0.270 e. The minimum atomic E-state index is -0.730. The van der Waals surface area contributed by atoms with Crippen LogP contribution in [0.2, 0.25) is 0 Å². The van der Waals surface area contributed by atoms with Gasteiger partial charge in [0.1, 0.15) is 40.5 Å². The number of ether oxygens (including phenoxy) is 1. The molecular weight excluding hydrogens is 389 g/mol. The van der Waals surface area contributed by atoms with E-state index in [2.05, 4.69) is 10.3 Å². The van der Waals surface area contributed by atoms with Crippen LogP contribution in [0.25, 0.3) is 10.6 Å². The summed E-state index contributed by atoms with van der Waals surface area (Å²) in [7, 11) is 0. The number of carbonyl (C=O) groups excluding carboxylic acids is 1.